The number of sulfonamides is 1. The van der Waals surface area contributed by atoms with E-state index < -0.39 is 44.0 Å². The van der Waals surface area contributed by atoms with Crippen LogP contribution >= 0.6 is 11.3 Å². The number of anilines is 1. The molecule has 29 heavy (non-hydrogen) atoms. The van der Waals surface area contributed by atoms with Crippen LogP contribution < -0.4 is 4.72 Å². The standard InChI is InChI=1S/C17H8F5N3O2S2/c18-11-12(19)14(21)16(15(22)13(11)20)29(26,27)25-7-3-4-8-9(6-7)24-17(23-8)10-2-1-5-28-10/h1-6,25H,(H,23,24). The number of benzene rings is 2. The number of hydrogen-bond acceptors (Lipinski definition) is 4. The van der Waals surface area contributed by atoms with E-state index >= 15 is 0 Å². The molecule has 0 fully saturated rings. The maximum Gasteiger partial charge on any atom is 0.267 e. The van der Waals surface area contributed by atoms with Gasteiger partial charge in [-0.2, -0.15) is 0 Å². The van der Waals surface area contributed by atoms with Gasteiger partial charge in [0.1, 0.15) is 5.82 Å². The van der Waals surface area contributed by atoms with Crippen LogP contribution in [0.1, 0.15) is 0 Å². The van der Waals surface area contributed by atoms with Crippen molar-refractivity contribution >= 4 is 38.1 Å². The molecule has 2 N–H and O–H groups in total. The Morgan fingerprint density at radius 1 is 0.931 bits per heavy atom. The summed E-state index contributed by atoms with van der Waals surface area (Å²) in [7, 11) is -5.12. The minimum absolute atomic E-state index is 0.164. The highest BCUT2D eigenvalue weighted by Crippen LogP contribution is 2.30. The van der Waals surface area contributed by atoms with Gasteiger partial charge in [-0.05, 0) is 29.6 Å². The van der Waals surface area contributed by atoms with Gasteiger partial charge in [0.15, 0.2) is 28.2 Å². The predicted molar refractivity (Wildman–Crippen MR) is 96.4 cm³/mol. The minimum Gasteiger partial charge on any atom is -0.337 e. The number of thiophene rings is 1. The average molecular weight is 445 g/mol. The topological polar surface area (TPSA) is 74.8 Å². The van der Waals surface area contributed by atoms with E-state index in [1.807, 2.05) is 22.2 Å². The van der Waals surface area contributed by atoms with Crippen LogP contribution in [-0.4, -0.2) is 18.4 Å². The number of halogens is 5. The number of rotatable bonds is 4. The van der Waals surface area contributed by atoms with Gasteiger partial charge >= 0.3 is 0 Å². The molecule has 0 radical (unpaired) electrons. The zero-order valence-electron chi connectivity index (χ0n) is 13.9. The largest absolute Gasteiger partial charge is 0.337 e. The van der Waals surface area contributed by atoms with Crippen LogP contribution in [0.4, 0.5) is 27.6 Å². The van der Waals surface area contributed by atoms with E-state index in [2.05, 4.69) is 9.97 Å². The molecule has 0 aliphatic carbocycles. The highest BCUT2D eigenvalue weighted by Gasteiger charge is 2.33. The third-order valence-electron chi connectivity index (χ3n) is 3.93. The van der Waals surface area contributed by atoms with Crippen LogP contribution in [0.25, 0.3) is 21.7 Å². The first kappa shape index (κ1) is 19.3. The van der Waals surface area contributed by atoms with Gasteiger partial charge in [-0.25, -0.2) is 35.4 Å². The molecule has 0 unspecified atom stereocenters. The number of aromatic amines is 1. The molecule has 5 nitrogen and oxygen atoms in total. The summed E-state index contributed by atoms with van der Waals surface area (Å²) in [5.74, 6) is -11.5. The first-order valence-corrected chi connectivity index (χ1v) is 10.1. The third kappa shape index (κ3) is 3.23. The minimum atomic E-state index is -5.12. The van der Waals surface area contributed by atoms with Crippen molar-refractivity contribution in [2.75, 3.05) is 4.72 Å². The second kappa shape index (κ2) is 6.81. The molecule has 4 aromatic rings. The fourth-order valence-corrected chi connectivity index (χ4v) is 4.49. The van der Waals surface area contributed by atoms with Crippen molar-refractivity contribution in [2.45, 2.75) is 4.90 Å². The van der Waals surface area contributed by atoms with Gasteiger partial charge in [0.05, 0.1) is 21.6 Å². The first-order valence-electron chi connectivity index (χ1n) is 7.77. The van der Waals surface area contributed by atoms with Crippen LogP contribution in [0.15, 0.2) is 40.6 Å². The first-order chi connectivity index (χ1) is 13.7. The van der Waals surface area contributed by atoms with Crippen molar-refractivity contribution in [1.82, 2.24) is 9.97 Å². The molecule has 0 saturated carbocycles. The summed E-state index contributed by atoms with van der Waals surface area (Å²) in [4.78, 5) is 6.15. The van der Waals surface area contributed by atoms with E-state index in [0.29, 0.717) is 16.9 Å². The molecule has 2 aromatic heterocycles. The lowest BCUT2D eigenvalue weighted by molar-refractivity contribution is 0.358. The second-order valence-electron chi connectivity index (χ2n) is 5.80. The molecule has 150 valence electrons. The number of aromatic nitrogens is 2. The van der Waals surface area contributed by atoms with Gasteiger partial charge in [0.25, 0.3) is 10.0 Å². The van der Waals surface area contributed by atoms with Gasteiger partial charge < -0.3 is 4.98 Å². The van der Waals surface area contributed by atoms with Crippen molar-refractivity contribution in [1.29, 1.82) is 0 Å². The van der Waals surface area contributed by atoms with E-state index in [1.54, 1.807) is 0 Å². The van der Waals surface area contributed by atoms with E-state index in [4.69, 9.17) is 0 Å². The molecular weight excluding hydrogens is 437 g/mol. The Kier molecular flexibility index (Phi) is 4.54. The Morgan fingerprint density at radius 3 is 2.21 bits per heavy atom. The molecule has 0 spiro atoms. The summed E-state index contributed by atoms with van der Waals surface area (Å²) in [5.41, 5.74) is 0.710. The summed E-state index contributed by atoms with van der Waals surface area (Å²) in [6.07, 6.45) is 0. The van der Waals surface area contributed by atoms with Crippen LogP contribution in [0.5, 0.6) is 0 Å². The summed E-state index contributed by atoms with van der Waals surface area (Å²) in [5, 5.41) is 1.84. The lowest BCUT2D eigenvalue weighted by atomic mass is 10.3. The van der Waals surface area contributed by atoms with Gasteiger partial charge in [-0.15, -0.1) is 11.3 Å². The van der Waals surface area contributed by atoms with Crippen molar-refractivity contribution in [3.8, 4) is 10.7 Å². The molecule has 2 aromatic carbocycles. The van der Waals surface area contributed by atoms with E-state index in [-0.39, 0.29) is 5.69 Å². The molecule has 0 amide bonds. The lowest BCUT2D eigenvalue weighted by Gasteiger charge is -2.11. The summed E-state index contributed by atoms with van der Waals surface area (Å²) < 4.78 is 94.0. The molecule has 0 aliphatic rings. The van der Waals surface area contributed by atoms with Gasteiger partial charge in [-0.1, -0.05) is 6.07 Å². The smallest absolute Gasteiger partial charge is 0.267 e. The van der Waals surface area contributed by atoms with Gasteiger partial charge in [0.2, 0.25) is 5.82 Å². The number of imidazole rings is 1. The molecule has 0 saturated heterocycles. The quantitative estimate of drug-likeness (QED) is 0.270. The third-order valence-corrected chi connectivity index (χ3v) is 6.20. The van der Waals surface area contributed by atoms with Crippen LogP contribution in [0.2, 0.25) is 0 Å². The molecule has 4 rings (SSSR count). The average Bonchev–Trinajstić information content (AvgIpc) is 3.33. The van der Waals surface area contributed by atoms with Crippen molar-refractivity contribution in [2.24, 2.45) is 0 Å². The number of fused-ring (bicyclic) bond motifs is 1. The molecule has 12 heteroatoms. The van der Waals surface area contributed by atoms with E-state index in [9.17, 15) is 30.4 Å². The van der Waals surface area contributed by atoms with Crippen LogP contribution in [-0.2, 0) is 10.0 Å². The maximum atomic E-state index is 13.9. The molecule has 0 atom stereocenters. The SMILES string of the molecule is O=S(=O)(Nc1ccc2nc(-c3cccs3)[nH]c2c1)c1c(F)c(F)c(F)c(F)c1F. The fraction of sp³-hybridized carbons (Fsp3) is 0. The summed E-state index contributed by atoms with van der Waals surface area (Å²) in [6.45, 7) is 0. The summed E-state index contributed by atoms with van der Waals surface area (Å²) in [6, 6.07) is 7.58. The Bertz CT molecular complexity index is 1320. The van der Waals surface area contributed by atoms with Crippen molar-refractivity contribution in [3.63, 3.8) is 0 Å². The molecular formula is C17H8F5N3O2S2. The predicted octanol–water partition coefficient (Wildman–Crippen LogP) is 4.79. The highest BCUT2D eigenvalue weighted by molar-refractivity contribution is 7.92. The Balaban J connectivity index is 1.75. The highest BCUT2D eigenvalue weighted by atomic mass is 32.2. The Labute approximate surface area is 163 Å². The fourth-order valence-electron chi connectivity index (χ4n) is 2.63. The molecule has 2 heterocycles. The molecule has 0 aliphatic heterocycles. The van der Waals surface area contributed by atoms with E-state index in [0.717, 1.165) is 4.88 Å². The van der Waals surface area contributed by atoms with Crippen LogP contribution in [0.3, 0.4) is 0 Å². The second-order valence-corrected chi connectivity index (χ2v) is 8.37. The Hall–Kier alpha value is -2.99. The number of hydrogen-bond donors (Lipinski definition) is 2. The Morgan fingerprint density at radius 2 is 1.59 bits per heavy atom. The number of H-pyrrole nitrogens is 1. The normalized spacial score (nSPS) is 11.9. The van der Waals surface area contributed by atoms with Gasteiger partial charge in [0, 0.05) is 0 Å². The number of nitrogens with zero attached hydrogens (tertiary/aromatic N) is 1. The van der Waals surface area contributed by atoms with Crippen molar-refractivity contribution in [3.05, 3.63) is 64.8 Å². The van der Waals surface area contributed by atoms with E-state index in [1.165, 1.54) is 29.5 Å². The van der Waals surface area contributed by atoms with Crippen LogP contribution in [0, 0.1) is 29.1 Å². The number of nitrogens with one attached hydrogen (secondary N) is 2. The zero-order chi connectivity index (χ0) is 20.9. The summed E-state index contributed by atoms with van der Waals surface area (Å²) >= 11 is 1.42. The molecule has 0 bridgehead atoms. The van der Waals surface area contributed by atoms with Gasteiger partial charge in [-0.3, -0.25) is 4.72 Å². The zero-order valence-corrected chi connectivity index (χ0v) is 15.6. The maximum absolute atomic E-state index is 13.9. The van der Waals surface area contributed by atoms with Crippen molar-refractivity contribution < 1.29 is 30.4 Å². The lowest BCUT2D eigenvalue weighted by Crippen LogP contribution is -2.19. The monoisotopic (exact) mass is 445 g/mol.